The Balaban J connectivity index is 0.000000640. The summed E-state index contributed by atoms with van der Waals surface area (Å²) in [4.78, 5) is 0. The van der Waals surface area contributed by atoms with Crippen LogP contribution in [-0.4, -0.2) is 4.57 Å². The highest BCUT2D eigenvalue weighted by Gasteiger charge is 2.00. The summed E-state index contributed by atoms with van der Waals surface area (Å²) < 4.78 is 3.75. The molecule has 0 saturated heterocycles. The minimum atomic E-state index is 0. The molecule has 0 saturated carbocycles. The van der Waals surface area contributed by atoms with Gasteiger partial charge in [-0.25, -0.2) is 9.13 Å². The molecular formula is C5H8BrClN2. The van der Waals surface area contributed by atoms with Crippen molar-refractivity contribution in [2.45, 2.75) is 0 Å². The Hall–Kier alpha value is -0.0200. The number of aryl methyl sites for hydroxylation is 2. The van der Waals surface area contributed by atoms with Gasteiger partial charge in [-0.15, -0.1) is 0 Å². The summed E-state index contributed by atoms with van der Waals surface area (Å²) in [5.41, 5.74) is 0. The van der Waals surface area contributed by atoms with Gasteiger partial charge in [-0.05, 0) is 11.6 Å². The zero-order valence-corrected chi connectivity index (χ0v) is 7.65. The molecule has 52 valence electrons. The molecule has 0 aromatic carbocycles. The molecule has 0 atom stereocenters. The Labute approximate surface area is 69.8 Å². The van der Waals surface area contributed by atoms with Crippen LogP contribution in [-0.2, 0) is 14.1 Å². The van der Waals surface area contributed by atoms with Crippen molar-refractivity contribution in [2.75, 3.05) is 0 Å². The Morgan fingerprint density at radius 2 is 2.22 bits per heavy atom. The number of hydrogen-bond acceptors (Lipinski definition) is 0. The first-order chi connectivity index (χ1) is 3.70. The van der Waals surface area contributed by atoms with E-state index in [0.717, 1.165) is 5.15 Å². The van der Waals surface area contributed by atoms with Gasteiger partial charge in [0, 0.05) is 0 Å². The summed E-state index contributed by atoms with van der Waals surface area (Å²) in [5.74, 6) is 0. The largest absolute Gasteiger partial charge is 1.00 e. The molecule has 0 bridgehead atoms. The molecule has 0 aliphatic heterocycles. The number of rotatable bonds is 0. The number of aromatic nitrogens is 2. The SMILES string of the molecule is Cn1c[n+](C)cc1Cl.[Br-]. The predicted molar refractivity (Wildman–Crippen MR) is 31.6 cm³/mol. The van der Waals surface area contributed by atoms with E-state index in [1.165, 1.54) is 0 Å². The van der Waals surface area contributed by atoms with E-state index in [1.54, 1.807) is 0 Å². The van der Waals surface area contributed by atoms with Crippen LogP contribution in [0.1, 0.15) is 0 Å². The molecule has 0 radical (unpaired) electrons. The predicted octanol–water partition coefficient (Wildman–Crippen LogP) is -2.49. The third kappa shape index (κ3) is 1.99. The highest BCUT2D eigenvalue weighted by Crippen LogP contribution is 2.00. The summed E-state index contributed by atoms with van der Waals surface area (Å²) in [7, 11) is 3.84. The lowest BCUT2D eigenvalue weighted by molar-refractivity contribution is -0.670. The molecule has 0 unspecified atom stereocenters. The van der Waals surface area contributed by atoms with Crippen molar-refractivity contribution in [3.63, 3.8) is 0 Å². The average Bonchev–Trinajstić information content (AvgIpc) is 1.85. The molecule has 4 heteroatoms. The highest BCUT2D eigenvalue weighted by atomic mass is 79.9. The number of halogens is 2. The fourth-order valence-electron chi connectivity index (χ4n) is 0.621. The standard InChI is InChI=1S/C5H8ClN2.BrH/c1-7-3-5(6)8(2)4-7;/h3-4H,1-2H3;1H/q+1;/p-1. The topological polar surface area (TPSA) is 8.81 Å². The summed E-state index contributed by atoms with van der Waals surface area (Å²) >= 11 is 5.67. The van der Waals surface area contributed by atoms with Crippen LogP contribution in [0, 0.1) is 0 Å². The summed E-state index contributed by atoms with van der Waals surface area (Å²) in [5, 5.41) is 0.757. The molecule has 0 aliphatic carbocycles. The van der Waals surface area contributed by atoms with E-state index in [0.29, 0.717) is 0 Å². The van der Waals surface area contributed by atoms with Crippen LogP contribution in [0.3, 0.4) is 0 Å². The van der Waals surface area contributed by atoms with Crippen LogP contribution in [0.25, 0.3) is 0 Å². The van der Waals surface area contributed by atoms with Gasteiger partial charge >= 0.3 is 0 Å². The van der Waals surface area contributed by atoms with Crippen LogP contribution in [0.15, 0.2) is 12.5 Å². The van der Waals surface area contributed by atoms with E-state index in [-0.39, 0.29) is 17.0 Å². The molecule has 1 rings (SSSR count). The van der Waals surface area contributed by atoms with Gasteiger partial charge in [-0.3, -0.25) is 0 Å². The van der Waals surface area contributed by atoms with Gasteiger partial charge in [0.1, 0.15) is 6.20 Å². The van der Waals surface area contributed by atoms with Crippen LogP contribution >= 0.6 is 11.6 Å². The first-order valence-corrected chi connectivity index (χ1v) is 2.75. The highest BCUT2D eigenvalue weighted by molar-refractivity contribution is 6.29. The third-order valence-electron chi connectivity index (χ3n) is 1.00. The van der Waals surface area contributed by atoms with Crippen molar-refractivity contribution in [1.29, 1.82) is 0 Å². The smallest absolute Gasteiger partial charge is 0.244 e. The second-order valence-corrected chi connectivity index (χ2v) is 2.23. The maximum absolute atomic E-state index is 5.67. The lowest BCUT2D eigenvalue weighted by atomic mass is 10.9. The summed E-state index contributed by atoms with van der Waals surface area (Å²) in [6.45, 7) is 0. The quantitative estimate of drug-likeness (QED) is 0.420. The number of imidazole rings is 1. The second-order valence-electron chi connectivity index (χ2n) is 1.84. The zero-order chi connectivity index (χ0) is 6.15. The molecular weight excluding hydrogens is 203 g/mol. The van der Waals surface area contributed by atoms with Crippen LogP contribution in [0.2, 0.25) is 5.15 Å². The van der Waals surface area contributed by atoms with Gasteiger partial charge < -0.3 is 17.0 Å². The molecule has 2 nitrogen and oxygen atoms in total. The minimum Gasteiger partial charge on any atom is -1.00 e. The van der Waals surface area contributed by atoms with E-state index >= 15 is 0 Å². The lowest BCUT2D eigenvalue weighted by Gasteiger charge is -1.75. The van der Waals surface area contributed by atoms with E-state index in [4.69, 9.17) is 11.6 Å². The maximum atomic E-state index is 5.67. The normalized spacial score (nSPS) is 8.78. The van der Waals surface area contributed by atoms with Crippen molar-refractivity contribution in [2.24, 2.45) is 14.1 Å². The Morgan fingerprint density at radius 3 is 2.33 bits per heavy atom. The molecule has 9 heavy (non-hydrogen) atoms. The van der Waals surface area contributed by atoms with E-state index in [1.807, 2.05) is 35.8 Å². The molecule has 0 fully saturated rings. The molecule has 1 aromatic heterocycles. The second kappa shape index (κ2) is 3.22. The Morgan fingerprint density at radius 1 is 1.67 bits per heavy atom. The minimum absolute atomic E-state index is 0. The van der Waals surface area contributed by atoms with Gasteiger partial charge in [-0.1, -0.05) is 0 Å². The van der Waals surface area contributed by atoms with Crippen LogP contribution in [0.4, 0.5) is 0 Å². The van der Waals surface area contributed by atoms with Crippen molar-refractivity contribution in [3.8, 4) is 0 Å². The van der Waals surface area contributed by atoms with Gasteiger partial charge in [-0.2, -0.15) is 0 Å². The maximum Gasteiger partial charge on any atom is 0.244 e. The molecule has 0 aliphatic rings. The third-order valence-corrected chi connectivity index (χ3v) is 1.37. The molecule has 1 heterocycles. The fraction of sp³-hybridized carbons (Fsp3) is 0.400. The summed E-state index contributed by atoms with van der Waals surface area (Å²) in [6.07, 6.45) is 3.75. The summed E-state index contributed by atoms with van der Waals surface area (Å²) in [6, 6.07) is 0. The first kappa shape index (κ1) is 8.98. The Kier molecular flexibility index (Phi) is 3.22. The van der Waals surface area contributed by atoms with Crippen molar-refractivity contribution >= 4 is 11.6 Å². The van der Waals surface area contributed by atoms with Crippen LogP contribution in [0.5, 0.6) is 0 Å². The zero-order valence-electron chi connectivity index (χ0n) is 5.31. The van der Waals surface area contributed by atoms with Gasteiger partial charge in [0.15, 0.2) is 0 Å². The van der Waals surface area contributed by atoms with E-state index < -0.39 is 0 Å². The van der Waals surface area contributed by atoms with Gasteiger partial charge in [0.25, 0.3) is 0 Å². The van der Waals surface area contributed by atoms with Crippen molar-refractivity contribution in [1.82, 2.24) is 4.57 Å². The Bertz CT molecular complexity index is 177. The molecule has 0 amide bonds. The lowest BCUT2D eigenvalue weighted by Crippen LogP contribution is -3.00. The van der Waals surface area contributed by atoms with Crippen molar-refractivity contribution < 1.29 is 21.5 Å². The fourth-order valence-corrected chi connectivity index (χ4v) is 0.818. The average molecular weight is 211 g/mol. The number of hydrogen-bond donors (Lipinski definition) is 0. The number of nitrogens with zero attached hydrogens (tertiary/aromatic N) is 2. The van der Waals surface area contributed by atoms with E-state index in [2.05, 4.69) is 0 Å². The molecule has 0 spiro atoms. The molecule has 0 N–H and O–H groups in total. The van der Waals surface area contributed by atoms with Gasteiger partial charge in [0.05, 0.1) is 14.1 Å². The first-order valence-electron chi connectivity index (χ1n) is 2.37. The van der Waals surface area contributed by atoms with E-state index in [9.17, 15) is 0 Å². The van der Waals surface area contributed by atoms with Gasteiger partial charge in [0.2, 0.25) is 11.5 Å². The molecule has 1 aromatic rings. The monoisotopic (exact) mass is 210 g/mol. The van der Waals surface area contributed by atoms with Crippen LogP contribution < -0.4 is 21.5 Å². The van der Waals surface area contributed by atoms with Crippen molar-refractivity contribution in [3.05, 3.63) is 17.7 Å².